The van der Waals surface area contributed by atoms with Gasteiger partial charge in [0.1, 0.15) is 5.82 Å². The van der Waals surface area contributed by atoms with Crippen molar-refractivity contribution in [1.29, 1.82) is 0 Å². The summed E-state index contributed by atoms with van der Waals surface area (Å²) in [5.41, 5.74) is 3.55. The van der Waals surface area contributed by atoms with Crippen molar-refractivity contribution in [1.82, 2.24) is 24.7 Å². The number of hydrogen-bond donors (Lipinski definition) is 1. The molecule has 3 fully saturated rings. The van der Waals surface area contributed by atoms with E-state index >= 15 is 0 Å². The summed E-state index contributed by atoms with van der Waals surface area (Å²) in [6.45, 7) is 4.35. The quantitative estimate of drug-likeness (QED) is 0.581. The van der Waals surface area contributed by atoms with Gasteiger partial charge in [0, 0.05) is 49.2 Å². The number of nitrogens with one attached hydrogen (secondary N) is 1. The van der Waals surface area contributed by atoms with Gasteiger partial charge in [-0.3, -0.25) is 9.69 Å². The molecule has 4 aliphatic rings. The van der Waals surface area contributed by atoms with E-state index in [9.17, 15) is 9.59 Å². The van der Waals surface area contributed by atoms with E-state index in [-0.39, 0.29) is 24.0 Å². The Morgan fingerprint density at radius 1 is 1.08 bits per heavy atom. The Morgan fingerprint density at radius 2 is 1.82 bits per heavy atom. The average molecular weight is 520 g/mol. The maximum Gasteiger partial charge on any atom is 0.409 e. The highest BCUT2D eigenvalue weighted by atomic mass is 16.5. The smallest absolute Gasteiger partial charge is 0.409 e. The number of carbonyl (C=O) groups excluding carboxylic acids is 2. The lowest BCUT2D eigenvalue weighted by atomic mass is 9.84. The monoisotopic (exact) mass is 519 g/mol. The highest BCUT2D eigenvalue weighted by Gasteiger charge is 2.42. The normalized spacial score (nSPS) is 25.9. The number of ether oxygens (including phenoxy) is 1. The average Bonchev–Trinajstić information content (AvgIpc) is 3.35. The topological polar surface area (TPSA) is 79.7 Å². The van der Waals surface area contributed by atoms with Crippen LogP contribution in [-0.2, 0) is 22.5 Å². The van der Waals surface area contributed by atoms with Gasteiger partial charge in [-0.25, -0.2) is 9.78 Å². The standard InChI is InChI=1S/C30H41N5O3/c1-20-31-27-19-33(30(37)38-2)15-14-28(27)35(20)25-17-23-11-12-24(18-25)34(23)16-13-26(21-7-4-3-5-8-21)32-29(36)22-9-6-10-22/h3-5,7-8,22-26H,6,9-19H2,1-2H3,(H,32,36)/t23?,24?,25?,26-/m0/s1. The Kier molecular flexibility index (Phi) is 7.16. The van der Waals surface area contributed by atoms with Crippen molar-refractivity contribution >= 4 is 12.0 Å². The first-order chi connectivity index (χ1) is 18.5. The fourth-order valence-corrected chi connectivity index (χ4v) is 7.38. The van der Waals surface area contributed by atoms with Gasteiger partial charge in [-0.05, 0) is 57.4 Å². The van der Waals surface area contributed by atoms with Gasteiger partial charge >= 0.3 is 6.09 Å². The summed E-state index contributed by atoms with van der Waals surface area (Å²) in [4.78, 5) is 34.3. The second-order valence-corrected chi connectivity index (χ2v) is 11.7. The van der Waals surface area contributed by atoms with Crippen LogP contribution in [0.25, 0.3) is 0 Å². The van der Waals surface area contributed by atoms with E-state index < -0.39 is 0 Å². The number of aryl methyl sites for hydroxylation is 1. The molecular formula is C30H41N5O3. The van der Waals surface area contributed by atoms with E-state index in [0.29, 0.717) is 31.2 Å². The van der Waals surface area contributed by atoms with E-state index in [4.69, 9.17) is 9.72 Å². The third kappa shape index (κ3) is 4.83. The molecule has 2 unspecified atom stereocenters. The number of hydrogen-bond acceptors (Lipinski definition) is 5. The molecule has 4 heterocycles. The SMILES string of the molecule is COC(=O)N1CCc2c(nc(C)n2C2CC3CCC(C2)N3CC[C@H](NC(=O)C2CCC2)c2ccccc2)C1. The van der Waals surface area contributed by atoms with Crippen molar-refractivity contribution in [3.8, 4) is 0 Å². The Bertz CT molecular complexity index is 1150. The summed E-state index contributed by atoms with van der Waals surface area (Å²) in [6.07, 6.45) is 9.53. The number of methoxy groups -OCH3 is 1. The van der Waals surface area contributed by atoms with Gasteiger partial charge < -0.3 is 19.5 Å². The van der Waals surface area contributed by atoms with E-state index in [2.05, 4.69) is 46.0 Å². The third-order valence-corrected chi connectivity index (χ3v) is 9.56. The highest BCUT2D eigenvalue weighted by molar-refractivity contribution is 5.79. The van der Waals surface area contributed by atoms with Crippen molar-refractivity contribution in [3.05, 3.63) is 53.1 Å². The van der Waals surface area contributed by atoms with Crippen molar-refractivity contribution in [2.24, 2.45) is 5.92 Å². The Morgan fingerprint density at radius 3 is 2.47 bits per heavy atom. The minimum absolute atomic E-state index is 0.0714. The van der Waals surface area contributed by atoms with Gasteiger partial charge in [0.05, 0.1) is 25.4 Å². The highest BCUT2D eigenvalue weighted by Crippen LogP contribution is 2.43. The van der Waals surface area contributed by atoms with Gasteiger partial charge in [-0.15, -0.1) is 0 Å². The van der Waals surface area contributed by atoms with Gasteiger partial charge in [0.15, 0.2) is 0 Å². The largest absolute Gasteiger partial charge is 0.453 e. The number of fused-ring (bicyclic) bond motifs is 3. The molecular weight excluding hydrogens is 478 g/mol. The molecule has 0 spiro atoms. The predicted molar refractivity (Wildman–Crippen MR) is 145 cm³/mol. The maximum absolute atomic E-state index is 12.8. The number of piperidine rings is 1. The maximum atomic E-state index is 12.8. The molecule has 2 saturated heterocycles. The Labute approximate surface area is 225 Å². The van der Waals surface area contributed by atoms with E-state index in [1.54, 1.807) is 4.90 Å². The van der Waals surface area contributed by atoms with Gasteiger partial charge in [-0.2, -0.15) is 0 Å². The summed E-state index contributed by atoms with van der Waals surface area (Å²) in [5.74, 6) is 1.51. The molecule has 2 aromatic rings. The van der Waals surface area contributed by atoms with Crippen LogP contribution >= 0.6 is 0 Å². The lowest BCUT2D eigenvalue weighted by molar-refractivity contribution is -0.128. The van der Waals surface area contributed by atoms with Crippen LogP contribution < -0.4 is 5.32 Å². The first-order valence-corrected chi connectivity index (χ1v) is 14.5. The number of imidazole rings is 1. The Hall–Kier alpha value is -2.87. The molecule has 2 amide bonds. The van der Waals surface area contributed by atoms with Crippen LogP contribution in [0.15, 0.2) is 30.3 Å². The molecule has 1 aliphatic carbocycles. The lowest BCUT2D eigenvalue weighted by Crippen LogP contribution is -2.45. The van der Waals surface area contributed by atoms with Crippen LogP contribution in [0.2, 0.25) is 0 Å². The zero-order chi connectivity index (χ0) is 26.2. The summed E-state index contributed by atoms with van der Waals surface area (Å²) < 4.78 is 7.44. The molecule has 2 bridgehead atoms. The summed E-state index contributed by atoms with van der Waals surface area (Å²) >= 11 is 0. The molecule has 204 valence electrons. The van der Waals surface area contributed by atoms with Crippen LogP contribution in [0.5, 0.6) is 0 Å². The van der Waals surface area contributed by atoms with Crippen molar-refractivity contribution in [2.75, 3.05) is 20.2 Å². The van der Waals surface area contributed by atoms with Crippen molar-refractivity contribution < 1.29 is 14.3 Å². The van der Waals surface area contributed by atoms with Gasteiger partial charge in [-0.1, -0.05) is 36.8 Å². The van der Waals surface area contributed by atoms with Crippen molar-refractivity contribution in [2.45, 2.75) is 95.4 Å². The molecule has 1 aromatic heterocycles. The molecule has 3 atom stereocenters. The first kappa shape index (κ1) is 25.4. The van der Waals surface area contributed by atoms with Gasteiger partial charge in [0.2, 0.25) is 5.91 Å². The number of amides is 2. The Balaban J connectivity index is 1.12. The number of aromatic nitrogens is 2. The van der Waals surface area contributed by atoms with E-state index in [1.807, 2.05) is 6.07 Å². The fourth-order valence-electron chi connectivity index (χ4n) is 7.38. The summed E-state index contributed by atoms with van der Waals surface area (Å²) in [6, 6.07) is 12.2. The number of rotatable bonds is 7. The molecule has 38 heavy (non-hydrogen) atoms. The minimum Gasteiger partial charge on any atom is -0.453 e. The number of benzene rings is 1. The van der Waals surface area contributed by atoms with Crippen molar-refractivity contribution in [3.63, 3.8) is 0 Å². The van der Waals surface area contributed by atoms with E-state index in [1.165, 1.54) is 37.6 Å². The third-order valence-electron chi connectivity index (χ3n) is 9.56. The minimum atomic E-state index is -0.271. The van der Waals surface area contributed by atoms with E-state index in [0.717, 1.165) is 56.6 Å². The predicted octanol–water partition coefficient (Wildman–Crippen LogP) is 4.53. The van der Waals surface area contributed by atoms with Crippen LogP contribution in [0.4, 0.5) is 4.79 Å². The van der Waals surface area contributed by atoms with Crippen LogP contribution in [0.1, 0.15) is 86.2 Å². The number of nitrogens with zero attached hydrogens (tertiary/aromatic N) is 4. The zero-order valence-corrected chi connectivity index (χ0v) is 22.8. The van der Waals surface area contributed by atoms with Gasteiger partial charge in [0.25, 0.3) is 0 Å². The molecule has 8 heteroatoms. The second kappa shape index (κ2) is 10.7. The lowest BCUT2D eigenvalue weighted by Gasteiger charge is -2.41. The zero-order valence-electron chi connectivity index (χ0n) is 22.8. The molecule has 6 rings (SSSR count). The van der Waals surface area contributed by atoms with Crippen LogP contribution in [-0.4, -0.2) is 63.6 Å². The molecule has 3 aliphatic heterocycles. The molecule has 1 aromatic carbocycles. The van der Waals surface area contributed by atoms with Crippen LogP contribution in [0.3, 0.4) is 0 Å². The summed E-state index contributed by atoms with van der Waals surface area (Å²) in [7, 11) is 1.44. The summed E-state index contributed by atoms with van der Waals surface area (Å²) in [5, 5.41) is 3.40. The fraction of sp³-hybridized carbons (Fsp3) is 0.633. The molecule has 8 nitrogen and oxygen atoms in total. The number of carbonyl (C=O) groups is 2. The molecule has 0 radical (unpaired) electrons. The van der Waals surface area contributed by atoms with Crippen LogP contribution in [0, 0.1) is 12.8 Å². The molecule has 1 saturated carbocycles. The molecule has 1 N–H and O–H groups in total. The second-order valence-electron chi connectivity index (χ2n) is 11.7. The first-order valence-electron chi connectivity index (χ1n) is 14.5.